The molecule has 0 atom stereocenters. The summed E-state index contributed by atoms with van der Waals surface area (Å²) in [5.74, 6) is -1.69. The topological polar surface area (TPSA) is 139 Å². The molecule has 2 aromatic rings. The lowest BCUT2D eigenvalue weighted by Crippen LogP contribution is -2.33. The zero-order valence-corrected chi connectivity index (χ0v) is 18.6. The first kappa shape index (κ1) is 24.3. The van der Waals surface area contributed by atoms with Crippen molar-refractivity contribution >= 4 is 45.0 Å². The molecule has 0 aliphatic heterocycles. The molecule has 11 heteroatoms. The van der Waals surface area contributed by atoms with Gasteiger partial charge in [-0.15, -0.1) is 0 Å². The molecule has 4 N–H and O–H groups in total. The Bertz CT molecular complexity index is 1080. The summed E-state index contributed by atoms with van der Waals surface area (Å²) in [5.41, 5.74) is 5.76. The molecule has 0 saturated carbocycles. The summed E-state index contributed by atoms with van der Waals surface area (Å²) in [5, 5.41) is 5.01. The van der Waals surface area contributed by atoms with Gasteiger partial charge in [0.1, 0.15) is 4.90 Å². The lowest BCUT2D eigenvalue weighted by molar-refractivity contribution is -0.117. The fourth-order valence-electron chi connectivity index (χ4n) is 2.72. The molecule has 2 aromatic carbocycles. The molecular formula is C20H23ClN4O5S. The van der Waals surface area contributed by atoms with E-state index in [-0.39, 0.29) is 40.7 Å². The van der Waals surface area contributed by atoms with Crippen molar-refractivity contribution in [3.05, 3.63) is 58.6 Å². The zero-order valence-electron chi connectivity index (χ0n) is 17.0. The zero-order chi connectivity index (χ0) is 23.2. The minimum absolute atomic E-state index is 0.0229. The van der Waals surface area contributed by atoms with Gasteiger partial charge in [-0.1, -0.05) is 25.4 Å². The number of primary amides is 1. The number of amides is 3. The van der Waals surface area contributed by atoms with Crippen molar-refractivity contribution in [2.24, 2.45) is 5.73 Å². The average molecular weight is 467 g/mol. The first-order valence-electron chi connectivity index (χ1n) is 9.37. The van der Waals surface area contributed by atoms with Crippen LogP contribution < -0.4 is 16.4 Å². The number of carbonyl (C=O) groups excluding carboxylic acids is 3. The fraction of sp³-hybridized carbons (Fsp3) is 0.250. The Balaban J connectivity index is 2.19. The van der Waals surface area contributed by atoms with E-state index in [0.29, 0.717) is 5.69 Å². The van der Waals surface area contributed by atoms with Crippen molar-refractivity contribution < 1.29 is 22.8 Å². The van der Waals surface area contributed by atoms with Crippen LogP contribution in [0.2, 0.25) is 5.02 Å². The Kier molecular flexibility index (Phi) is 8.14. The van der Waals surface area contributed by atoms with Gasteiger partial charge in [-0.3, -0.25) is 14.4 Å². The van der Waals surface area contributed by atoms with E-state index in [9.17, 15) is 22.8 Å². The molecule has 0 fully saturated rings. The summed E-state index contributed by atoms with van der Waals surface area (Å²) in [4.78, 5) is 35.1. The number of nitrogens with one attached hydrogen (secondary N) is 2. The van der Waals surface area contributed by atoms with Gasteiger partial charge in [-0.25, -0.2) is 8.42 Å². The number of rotatable bonds is 9. The highest BCUT2D eigenvalue weighted by Gasteiger charge is 2.25. The molecule has 0 aromatic heterocycles. The van der Waals surface area contributed by atoms with E-state index in [4.69, 9.17) is 17.3 Å². The summed E-state index contributed by atoms with van der Waals surface area (Å²) in [6.45, 7) is 3.68. The van der Waals surface area contributed by atoms with Crippen molar-refractivity contribution in [2.75, 3.05) is 25.0 Å². The molecule has 0 bridgehead atoms. The van der Waals surface area contributed by atoms with E-state index in [1.54, 1.807) is 13.8 Å². The Labute approximate surface area is 185 Å². The Morgan fingerprint density at radius 2 is 1.55 bits per heavy atom. The minimum atomic E-state index is -3.84. The predicted octanol–water partition coefficient (Wildman–Crippen LogP) is 1.84. The quantitative estimate of drug-likeness (QED) is 0.517. The lowest BCUT2D eigenvalue weighted by Gasteiger charge is -2.19. The van der Waals surface area contributed by atoms with Crippen LogP contribution in [0.3, 0.4) is 0 Å². The van der Waals surface area contributed by atoms with Gasteiger partial charge >= 0.3 is 0 Å². The van der Waals surface area contributed by atoms with Gasteiger partial charge in [0.2, 0.25) is 15.9 Å². The maximum atomic E-state index is 12.8. The summed E-state index contributed by atoms with van der Waals surface area (Å²) in [7, 11) is -3.84. The molecule has 0 heterocycles. The van der Waals surface area contributed by atoms with Crippen LogP contribution in [0.4, 0.5) is 5.69 Å². The maximum Gasteiger partial charge on any atom is 0.255 e. The first-order valence-corrected chi connectivity index (χ1v) is 11.2. The second kappa shape index (κ2) is 10.4. The van der Waals surface area contributed by atoms with E-state index in [1.807, 2.05) is 0 Å². The van der Waals surface area contributed by atoms with E-state index >= 15 is 0 Å². The van der Waals surface area contributed by atoms with Crippen LogP contribution in [0.1, 0.15) is 34.6 Å². The van der Waals surface area contributed by atoms with Gasteiger partial charge in [0.05, 0.1) is 11.6 Å². The highest BCUT2D eigenvalue weighted by molar-refractivity contribution is 7.89. The van der Waals surface area contributed by atoms with E-state index < -0.39 is 27.7 Å². The summed E-state index contributed by atoms with van der Waals surface area (Å²) >= 11 is 6.09. The number of hydrogen-bond donors (Lipinski definition) is 3. The van der Waals surface area contributed by atoms with Crippen molar-refractivity contribution in [1.82, 2.24) is 9.62 Å². The second-order valence-corrected chi connectivity index (χ2v) is 8.73. The third-order valence-electron chi connectivity index (χ3n) is 4.34. The van der Waals surface area contributed by atoms with Crippen molar-refractivity contribution in [2.45, 2.75) is 18.7 Å². The van der Waals surface area contributed by atoms with E-state index in [2.05, 4.69) is 10.6 Å². The molecule has 31 heavy (non-hydrogen) atoms. The minimum Gasteiger partial charge on any atom is -0.368 e. The largest absolute Gasteiger partial charge is 0.368 e. The smallest absolute Gasteiger partial charge is 0.255 e. The van der Waals surface area contributed by atoms with E-state index in [1.165, 1.54) is 46.8 Å². The van der Waals surface area contributed by atoms with Crippen LogP contribution in [0, 0.1) is 0 Å². The SMILES string of the molecule is CCN(CC)S(=O)(=O)c1cc(C(=O)Nc2ccc(C(=O)NCC(N)=O)cc2)ccc1Cl. The third-order valence-corrected chi connectivity index (χ3v) is 6.88. The molecule has 0 unspecified atom stereocenters. The molecular weight excluding hydrogens is 444 g/mol. The van der Waals surface area contributed by atoms with Gasteiger partial charge in [0.15, 0.2) is 0 Å². The highest BCUT2D eigenvalue weighted by Crippen LogP contribution is 2.26. The van der Waals surface area contributed by atoms with Crippen LogP contribution in [0.25, 0.3) is 0 Å². The molecule has 166 valence electrons. The monoisotopic (exact) mass is 466 g/mol. The van der Waals surface area contributed by atoms with Gasteiger partial charge in [0.25, 0.3) is 11.8 Å². The predicted molar refractivity (Wildman–Crippen MR) is 117 cm³/mol. The Hall–Kier alpha value is -2.95. The standard InChI is InChI=1S/C20H23ClN4O5S/c1-3-25(4-2)31(29,30)17-11-14(7-10-16(17)21)20(28)24-15-8-5-13(6-9-15)19(27)23-12-18(22)26/h5-11H,3-4,12H2,1-2H3,(H2,22,26)(H,23,27)(H,24,28). The van der Waals surface area contributed by atoms with Crippen molar-refractivity contribution in [3.63, 3.8) is 0 Å². The second-order valence-electron chi connectivity index (χ2n) is 6.41. The van der Waals surface area contributed by atoms with Crippen molar-refractivity contribution in [1.29, 1.82) is 0 Å². The molecule has 2 rings (SSSR count). The molecule has 3 amide bonds. The van der Waals surface area contributed by atoms with Gasteiger partial charge in [-0.05, 0) is 42.5 Å². The lowest BCUT2D eigenvalue weighted by atomic mass is 10.1. The number of anilines is 1. The molecule has 0 aliphatic rings. The van der Waals surface area contributed by atoms with Crippen LogP contribution in [0.15, 0.2) is 47.4 Å². The third kappa shape index (κ3) is 6.03. The molecule has 9 nitrogen and oxygen atoms in total. The van der Waals surface area contributed by atoms with Crippen LogP contribution in [-0.2, 0) is 14.8 Å². The number of nitrogens with zero attached hydrogens (tertiary/aromatic N) is 1. The summed E-state index contributed by atoms with van der Waals surface area (Å²) in [6, 6.07) is 9.94. The number of carbonyl (C=O) groups is 3. The van der Waals surface area contributed by atoms with Crippen LogP contribution in [0.5, 0.6) is 0 Å². The molecule has 0 aliphatic carbocycles. The maximum absolute atomic E-state index is 12.8. The molecule has 0 radical (unpaired) electrons. The number of benzene rings is 2. The van der Waals surface area contributed by atoms with Gasteiger partial charge in [0, 0.05) is 29.9 Å². The van der Waals surface area contributed by atoms with Gasteiger partial charge in [-0.2, -0.15) is 4.31 Å². The number of halogens is 1. The molecule has 0 saturated heterocycles. The number of nitrogens with two attached hydrogens (primary N) is 1. The average Bonchev–Trinajstić information content (AvgIpc) is 2.73. The van der Waals surface area contributed by atoms with E-state index in [0.717, 1.165) is 0 Å². The highest BCUT2D eigenvalue weighted by atomic mass is 35.5. The summed E-state index contributed by atoms with van der Waals surface area (Å²) in [6.07, 6.45) is 0. The van der Waals surface area contributed by atoms with Crippen LogP contribution in [-0.4, -0.2) is 50.1 Å². The Morgan fingerprint density at radius 3 is 2.10 bits per heavy atom. The normalized spacial score (nSPS) is 11.2. The van der Waals surface area contributed by atoms with Crippen LogP contribution >= 0.6 is 11.6 Å². The Morgan fingerprint density at radius 1 is 0.968 bits per heavy atom. The number of hydrogen-bond acceptors (Lipinski definition) is 5. The summed E-state index contributed by atoms with van der Waals surface area (Å²) < 4.78 is 26.8. The molecule has 0 spiro atoms. The van der Waals surface area contributed by atoms with Crippen molar-refractivity contribution in [3.8, 4) is 0 Å². The number of sulfonamides is 1. The van der Waals surface area contributed by atoms with Gasteiger partial charge < -0.3 is 16.4 Å². The first-order chi connectivity index (χ1) is 14.6. The fourth-order valence-corrected chi connectivity index (χ4v) is 4.68.